The van der Waals surface area contributed by atoms with Crippen LogP contribution in [0.4, 0.5) is 0 Å². The standard InChI is InChI=1S/C22H21N5O5/c1-26-18-17(19(23)28)24-20(12-9-10-15(31-3)16(11-12)32-4)25-21(18)27(22(26)29)13-7-5-6-8-14(13)30-2/h5-11H,1-4H3,(H2,23,28). The minimum atomic E-state index is -0.785. The molecule has 2 aromatic heterocycles. The molecule has 0 spiro atoms. The van der Waals surface area contributed by atoms with Crippen LogP contribution < -0.4 is 25.6 Å². The Labute approximate surface area is 182 Å². The summed E-state index contributed by atoms with van der Waals surface area (Å²) in [5.74, 6) is 0.866. The van der Waals surface area contributed by atoms with Crippen molar-refractivity contribution in [2.75, 3.05) is 21.3 Å². The zero-order chi connectivity index (χ0) is 23.0. The quantitative estimate of drug-likeness (QED) is 0.491. The van der Waals surface area contributed by atoms with Crippen LogP contribution in [0.2, 0.25) is 0 Å². The van der Waals surface area contributed by atoms with Gasteiger partial charge in [-0.25, -0.2) is 19.3 Å². The summed E-state index contributed by atoms with van der Waals surface area (Å²) in [7, 11) is 6.08. The molecule has 1 amide bonds. The first-order valence-corrected chi connectivity index (χ1v) is 9.56. The molecular weight excluding hydrogens is 414 g/mol. The predicted octanol–water partition coefficient (Wildman–Crippen LogP) is 1.91. The van der Waals surface area contributed by atoms with Crippen molar-refractivity contribution in [2.24, 2.45) is 12.8 Å². The summed E-state index contributed by atoms with van der Waals surface area (Å²) in [6.07, 6.45) is 0. The third-order valence-electron chi connectivity index (χ3n) is 5.09. The zero-order valence-electron chi connectivity index (χ0n) is 17.9. The lowest BCUT2D eigenvalue weighted by molar-refractivity contribution is 0.0997. The Morgan fingerprint density at radius 1 is 0.938 bits per heavy atom. The highest BCUT2D eigenvalue weighted by molar-refractivity contribution is 6.02. The third-order valence-corrected chi connectivity index (χ3v) is 5.09. The van der Waals surface area contributed by atoms with Gasteiger partial charge in [-0.2, -0.15) is 0 Å². The molecule has 164 valence electrons. The van der Waals surface area contributed by atoms with Crippen LogP contribution >= 0.6 is 0 Å². The van der Waals surface area contributed by atoms with Crippen molar-refractivity contribution >= 4 is 17.1 Å². The maximum atomic E-state index is 13.2. The Morgan fingerprint density at radius 3 is 2.28 bits per heavy atom. The lowest BCUT2D eigenvalue weighted by Crippen LogP contribution is -2.22. The smallest absolute Gasteiger partial charge is 0.334 e. The van der Waals surface area contributed by atoms with Crippen molar-refractivity contribution in [2.45, 2.75) is 0 Å². The summed E-state index contributed by atoms with van der Waals surface area (Å²) in [5, 5.41) is 0. The number of primary amides is 1. The number of nitrogens with two attached hydrogens (primary N) is 1. The van der Waals surface area contributed by atoms with E-state index < -0.39 is 11.6 Å². The summed E-state index contributed by atoms with van der Waals surface area (Å²) >= 11 is 0. The van der Waals surface area contributed by atoms with Crippen LogP contribution in [0.1, 0.15) is 10.5 Å². The molecule has 4 aromatic rings. The van der Waals surface area contributed by atoms with Crippen molar-refractivity contribution in [3.8, 4) is 34.3 Å². The number of methoxy groups -OCH3 is 3. The molecule has 0 fully saturated rings. The largest absolute Gasteiger partial charge is 0.495 e. The van der Waals surface area contributed by atoms with E-state index in [-0.39, 0.29) is 22.7 Å². The van der Waals surface area contributed by atoms with Gasteiger partial charge in [-0.05, 0) is 30.3 Å². The van der Waals surface area contributed by atoms with E-state index in [1.165, 1.54) is 37.5 Å². The van der Waals surface area contributed by atoms with Crippen LogP contribution in [-0.2, 0) is 7.05 Å². The molecule has 2 aromatic carbocycles. The fourth-order valence-electron chi connectivity index (χ4n) is 3.55. The van der Waals surface area contributed by atoms with Gasteiger partial charge in [0.05, 0.1) is 27.0 Å². The van der Waals surface area contributed by atoms with E-state index >= 15 is 0 Å². The Morgan fingerprint density at radius 2 is 1.62 bits per heavy atom. The minimum absolute atomic E-state index is 0.0759. The van der Waals surface area contributed by atoms with Gasteiger partial charge in [0.2, 0.25) is 0 Å². The molecule has 4 rings (SSSR count). The number of ether oxygens (including phenoxy) is 3. The van der Waals surface area contributed by atoms with Gasteiger partial charge in [-0.3, -0.25) is 9.36 Å². The van der Waals surface area contributed by atoms with Crippen LogP contribution in [-0.4, -0.2) is 46.3 Å². The third kappa shape index (κ3) is 3.22. The topological polar surface area (TPSA) is 123 Å². The number of carbonyl (C=O) groups excluding carboxylic acids is 1. The second-order valence-electron chi connectivity index (χ2n) is 6.85. The van der Waals surface area contributed by atoms with Crippen LogP contribution in [0.5, 0.6) is 17.2 Å². The highest BCUT2D eigenvalue weighted by Gasteiger charge is 2.24. The second-order valence-corrected chi connectivity index (χ2v) is 6.85. The second kappa shape index (κ2) is 8.06. The summed E-state index contributed by atoms with van der Waals surface area (Å²) in [6.45, 7) is 0. The average Bonchev–Trinajstić information content (AvgIpc) is 3.07. The number of hydrogen-bond acceptors (Lipinski definition) is 7. The molecular formula is C22H21N5O5. The van der Waals surface area contributed by atoms with E-state index in [2.05, 4.69) is 9.97 Å². The van der Waals surface area contributed by atoms with E-state index in [4.69, 9.17) is 19.9 Å². The summed E-state index contributed by atoms with van der Waals surface area (Å²) < 4.78 is 18.7. The fraction of sp³-hybridized carbons (Fsp3) is 0.182. The Hall–Kier alpha value is -4.34. The number of aryl methyl sites for hydroxylation is 1. The molecule has 0 unspecified atom stereocenters. The Kier molecular flexibility index (Phi) is 5.27. The molecule has 0 aliphatic rings. The number of imidazole rings is 1. The molecule has 0 saturated carbocycles. The van der Waals surface area contributed by atoms with Crippen LogP contribution in [0.15, 0.2) is 47.3 Å². The van der Waals surface area contributed by atoms with Crippen molar-refractivity contribution in [1.82, 2.24) is 19.1 Å². The number of benzene rings is 2. The number of hydrogen-bond donors (Lipinski definition) is 1. The van der Waals surface area contributed by atoms with Gasteiger partial charge in [0.15, 0.2) is 28.7 Å². The molecule has 2 heterocycles. The van der Waals surface area contributed by atoms with Crippen molar-refractivity contribution in [3.63, 3.8) is 0 Å². The van der Waals surface area contributed by atoms with E-state index in [0.717, 1.165) is 0 Å². The lowest BCUT2D eigenvalue weighted by Gasteiger charge is -2.11. The minimum Gasteiger partial charge on any atom is -0.495 e. The van der Waals surface area contributed by atoms with Gasteiger partial charge < -0.3 is 19.9 Å². The van der Waals surface area contributed by atoms with Gasteiger partial charge in [0, 0.05) is 12.6 Å². The molecule has 0 atom stereocenters. The van der Waals surface area contributed by atoms with Crippen LogP contribution in [0.25, 0.3) is 28.2 Å². The SMILES string of the molecule is COc1ccc(-c2nc(C(N)=O)c3c(n2)n(-c2ccccc2OC)c(=O)n3C)cc1OC. The highest BCUT2D eigenvalue weighted by atomic mass is 16.5. The number of carbonyl (C=O) groups is 1. The van der Waals surface area contributed by atoms with Crippen LogP contribution in [0.3, 0.4) is 0 Å². The molecule has 2 N–H and O–H groups in total. The van der Waals surface area contributed by atoms with Crippen molar-refractivity contribution < 1.29 is 19.0 Å². The van der Waals surface area contributed by atoms with Gasteiger partial charge in [0.25, 0.3) is 5.91 Å². The molecule has 0 radical (unpaired) electrons. The maximum absolute atomic E-state index is 13.2. The molecule has 32 heavy (non-hydrogen) atoms. The van der Waals surface area contributed by atoms with Gasteiger partial charge in [-0.1, -0.05) is 12.1 Å². The first-order valence-electron chi connectivity index (χ1n) is 9.56. The number of nitrogens with zero attached hydrogens (tertiary/aromatic N) is 4. The van der Waals surface area contributed by atoms with Crippen molar-refractivity contribution in [3.05, 3.63) is 58.6 Å². The first-order chi connectivity index (χ1) is 15.4. The number of rotatable bonds is 6. The predicted molar refractivity (Wildman–Crippen MR) is 118 cm³/mol. The van der Waals surface area contributed by atoms with E-state index in [0.29, 0.717) is 28.5 Å². The van der Waals surface area contributed by atoms with Gasteiger partial charge >= 0.3 is 5.69 Å². The molecule has 0 aliphatic carbocycles. The number of amides is 1. The van der Waals surface area contributed by atoms with Gasteiger partial charge in [-0.15, -0.1) is 0 Å². The lowest BCUT2D eigenvalue weighted by atomic mass is 10.1. The van der Waals surface area contributed by atoms with E-state index in [1.807, 2.05) is 0 Å². The van der Waals surface area contributed by atoms with Crippen molar-refractivity contribution in [1.29, 1.82) is 0 Å². The van der Waals surface area contributed by atoms with Crippen LogP contribution in [0, 0.1) is 0 Å². The summed E-state index contributed by atoms with van der Waals surface area (Å²) in [6, 6.07) is 12.1. The maximum Gasteiger partial charge on any atom is 0.334 e. The molecule has 10 heteroatoms. The van der Waals surface area contributed by atoms with E-state index in [9.17, 15) is 9.59 Å². The Balaban J connectivity index is 2.09. The summed E-state index contributed by atoms with van der Waals surface area (Å²) in [5.41, 5.74) is 6.59. The van der Waals surface area contributed by atoms with Gasteiger partial charge in [0.1, 0.15) is 11.3 Å². The van der Waals surface area contributed by atoms with E-state index in [1.54, 1.807) is 42.5 Å². The monoisotopic (exact) mass is 435 g/mol. The number of fused-ring (bicyclic) bond motifs is 1. The number of aromatic nitrogens is 4. The average molecular weight is 435 g/mol. The summed E-state index contributed by atoms with van der Waals surface area (Å²) in [4.78, 5) is 34.5. The highest BCUT2D eigenvalue weighted by Crippen LogP contribution is 2.32. The zero-order valence-corrected chi connectivity index (χ0v) is 17.9. The number of para-hydroxylation sites is 2. The molecule has 0 saturated heterocycles. The molecule has 10 nitrogen and oxygen atoms in total. The normalized spacial score (nSPS) is 10.9. The first kappa shape index (κ1) is 20.9. The molecule has 0 bridgehead atoms. The fourth-order valence-corrected chi connectivity index (χ4v) is 3.55. The Bertz CT molecular complexity index is 1410. The molecule has 0 aliphatic heterocycles.